The van der Waals surface area contributed by atoms with Crippen LogP contribution in [-0.4, -0.2) is 5.78 Å². The van der Waals surface area contributed by atoms with E-state index in [4.69, 9.17) is 16.3 Å². The van der Waals surface area contributed by atoms with Crippen molar-refractivity contribution in [1.82, 2.24) is 0 Å². The summed E-state index contributed by atoms with van der Waals surface area (Å²) in [5.41, 5.74) is 3.08. The van der Waals surface area contributed by atoms with Crippen molar-refractivity contribution in [2.75, 3.05) is 5.32 Å². The van der Waals surface area contributed by atoms with Crippen molar-refractivity contribution in [3.63, 3.8) is 0 Å². The van der Waals surface area contributed by atoms with Gasteiger partial charge in [0.2, 0.25) is 0 Å². The van der Waals surface area contributed by atoms with Gasteiger partial charge in [-0.15, -0.1) is 0 Å². The SMILES string of the molecule is CC(C)(C)c1ccc(N/C=C/C(=O)c2ccc(OCc3c(F)cccc3Cl)cc2)cc1. The highest BCUT2D eigenvalue weighted by Crippen LogP contribution is 2.24. The average Bonchev–Trinajstić information content (AvgIpc) is 2.73. The summed E-state index contributed by atoms with van der Waals surface area (Å²) < 4.78 is 19.4. The molecule has 0 spiro atoms. The van der Waals surface area contributed by atoms with E-state index in [-0.39, 0.29) is 17.8 Å². The molecular weight excluding hydrogens is 413 g/mol. The molecule has 0 saturated carbocycles. The molecule has 31 heavy (non-hydrogen) atoms. The van der Waals surface area contributed by atoms with Gasteiger partial charge in [0.25, 0.3) is 0 Å². The highest BCUT2D eigenvalue weighted by molar-refractivity contribution is 6.31. The van der Waals surface area contributed by atoms with Crippen molar-refractivity contribution in [1.29, 1.82) is 0 Å². The van der Waals surface area contributed by atoms with Crippen LogP contribution in [0.3, 0.4) is 0 Å². The largest absolute Gasteiger partial charge is 0.489 e. The molecule has 0 bridgehead atoms. The van der Waals surface area contributed by atoms with E-state index < -0.39 is 5.82 Å². The molecule has 3 aromatic rings. The van der Waals surface area contributed by atoms with Gasteiger partial charge >= 0.3 is 0 Å². The summed E-state index contributed by atoms with van der Waals surface area (Å²) in [6.07, 6.45) is 3.10. The highest BCUT2D eigenvalue weighted by atomic mass is 35.5. The molecule has 0 aliphatic rings. The Morgan fingerprint density at radius 2 is 1.71 bits per heavy atom. The number of anilines is 1. The van der Waals surface area contributed by atoms with Gasteiger partial charge in [0, 0.05) is 29.1 Å². The summed E-state index contributed by atoms with van der Waals surface area (Å²) in [7, 11) is 0. The molecule has 0 aliphatic carbocycles. The van der Waals surface area contributed by atoms with E-state index in [1.54, 1.807) is 42.6 Å². The number of hydrogen-bond acceptors (Lipinski definition) is 3. The number of rotatable bonds is 7. The van der Waals surface area contributed by atoms with Crippen LogP contribution in [0.1, 0.15) is 42.3 Å². The van der Waals surface area contributed by atoms with E-state index in [1.165, 1.54) is 17.7 Å². The van der Waals surface area contributed by atoms with Gasteiger partial charge < -0.3 is 10.1 Å². The fourth-order valence-electron chi connectivity index (χ4n) is 2.92. The minimum absolute atomic E-state index is 0.0105. The Hall–Kier alpha value is -3.11. The maximum atomic E-state index is 13.8. The zero-order chi connectivity index (χ0) is 22.4. The van der Waals surface area contributed by atoms with Gasteiger partial charge in [0.05, 0.1) is 5.02 Å². The Balaban J connectivity index is 1.55. The third-order valence-electron chi connectivity index (χ3n) is 4.82. The monoisotopic (exact) mass is 437 g/mol. The molecule has 0 aromatic heterocycles. The lowest BCUT2D eigenvalue weighted by Crippen LogP contribution is -2.10. The molecule has 0 unspecified atom stereocenters. The molecule has 0 aliphatic heterocycles. The topological polar surface area (TPSA) is 38.3 Å². The lowest BCUT2D eigenvalue weighted by molar-refractivity contribution is 0.104. The minimum Gasteiger partial charge on any atom is -0.489 e. The van der Waals surface area contributed by atoms with Gasteiger partial charge in [-0.1, -0.05) is 50.6 Å². The van der Waals surface area contributed by atoms with Gasteiger partial charge in [-0.25, -0.2) is 4.39 Å². The van der Waals surface area contributed by atoms with Gasteiger partial charge in [-0.3, -0.25) is 4.79 Å². The number of carbonyl (C=O) groups excluding carboxylic acids is 1. The number of nitrogens with one attached hydrogen (secondary N) is 1. The second kappa shape index (κ2) is 9.80. The summed E-state index contributed by atoms with van der Waals surface area (Å²) in [6.45, 7) is 6.51. The molecule has 3 nitrogen and oxygen atoms in total. The second-order valence-corrected chi connectivity index (χ2v) is 8.59. The van der Waals surface area contributed by atoms with Crippen LogP contribution in [0, 0.1) is 5.82 Å². The molecule has 0 fully saturated rings. The predicted molar refractivity (Wildman–Crippen MR) is 124 cm³/mol. The fourth-order valence-corrected chi connectivity index (χ4v) is 3.13. The molecule has 0 heterocycles. The summed E-state index contributed by atoms with van der Waals surface area (Å²) >= 11 is 6.00. The van der Waals surface area contributed by atoms with Crippen LogP contribution in [0.2, 0.25) is 5.02 Å². The Morgan fingerprint density at radius 1 is 1.03 bits per heavy atom. The zero-order valence-electron chi connectivity index (χ0n) is 17.8. The van der Waals surface area contributed by atoms with Crippen LogP contribution < -0.4 is 10.1 Å². The molecule has 5 heteroatoms. The van der Waals surface area contributed by atoms with Crippen LogP contribution >= 0.6 is 11.6 Å². The molecule has 0 saturated heterocycles. The van der Waals surface area contributed by atoms with Crippen molar-refractivity contribution < 1.29 is 13.9 Å². The first kappa shape index (κ1) is 22.6. The normalized spacial score (nSPS) is 11.5. The van der Waals surface area contributed by atoms with E-state index in [0.717, 1.165) is 5.69 Å². The van der Waals surface area contributed by atoms with Crippen molar-refractivity contribution in [3.8, 4) is 5.75 Å². The van der Waals surface area contributed by atoms with Crippen molar-refractivity contribution >= 4 is 23.1 Å². The van der Waals surface area contributed by atoms with Crippen LogP contribution in [0.15, 0.2) is 79.0 Å². The smallest absolute Gasteiger partial charge is 0.187 e. The van der Waals surface area contributed by atoms with Crippen LogP contribution in [0.5, 0.6) is 5.75 Å². The van der Waals surface area contributed by atoms with E-state index in [2.05, 4.69) is 38.2 Å². The molecule has 0 radical (unpaired) electrons. The van der Waals surface area contributed by atoms with E-state index in [1.807, 2.05) is 12.1 Å². The molecular formula is C26H25ClFNO2. The second-order valence-electron chi connectivity index (χ2n) is 8.18. The van der Waals surface area contributed by atoms with E-state index in [0.29, 0.717) is 21.9 Å². The first-order valence-electron chi connectivity index (χ1n) is 9.98. The average molecular weight is 438 g/mol. The van der Waals surface area contributed by atoms with Crippen LogP contribution in [0.4, 0.5) is 10.1 Å². The van der Waals surface area contributed by atoms with E-state index >= 15 is 0 Å². The number of halogens is 2. The summed E-state index contributed by atoms with van der Waals surface area (Å²) in [5, 5.41) is 3.43. The predicted octanol–water partition coefficient (Wildman–Crippen LogP) is 7.16. The number of ketones is 1. The highest BCUT2D eigenvalue weighted by Gasteiger charge is 2.12. The molecule has 3 aromatic carbocycles. The third kappa shape index (κ3) is 6.19. The first-order chi connectivity index (χ1) is 14.7. The summed E-state index contributed by atoms with van der Waals surface area (Å²) in [6, 6.07) is 19.3. The Bertz CT molecular complexity index is 1050. The Labute approximate surface area is 187 Å². The summed E-state index contributed by atoms with van der Waals surface area (Å²) in [5.74, 6) is -0.0237. The Kier molecular flexibility index (Phi) is 7.13. The number of benzene rings is 3. The number of allylic oxidation sites excluding steroid dienone is 1. The van der Waals surface area contributed by atoms with Crippen molar-refractivity contribution in [2.24, 2.45) is 0 Å². The quantitative estimate of drug-likeness (QED) is 0.314. The molecule has 160 valence electrons. The lowest BCUT2D eigenvalue weighted by atomic mass is 9.87. The van der Waals surface area contributed by atoms with Gasteiger partial charge in [-0.2, -0.15) is 0 Å². The lowest BCUT2D eigenvalue weighted by Gasteiger charge is -2.19. The maximum absolute atomic E-state index is 13.8. The molecule has 3 rings (SSSR count). The molecule has 0 atom stereocenters. The zero-order valence-corrected chi connectivity index (χ0v) is 18.5. The maximum Gasteiger partial charge on any atom is 0.187 e. The molecule has 1 N–H and O–H groups in total. The van der Waals surface area contributed by atoms with Gasteiger partial charge in [0.15, 0.2) is 5.78 Å². The fraction of sp³-hybridized carbons (Fsp3) is 0.192. The third-order valence-corrected chi connectivity index (χ3v) is 5.17. The van der Waals surface area contributed by atoms with Crippen LogP contribution in [0.25, 0.3) is 0 Å². The number of hydrogen-bond donors (Lipinski definition) is 1. The number of ether oxygens (including phenoxy) is 1. The van der Waals surface area contributed by atoms with Crippen molar-refractivity contribution in [2.45, 2.75) is 32.8 Å². The first-order valence-corrected chi connectivity index (χ1v) is 10.4. The summed E-state index contributed by atoms with van der Waals surface area (Å²) in [4.78, 5) is 12.4. The molecule has 0 amide bonds. The minimum atomic E-state index is -0.412. The van der Waals surface area contributed by atoms with E-state index in [9.17, 15) is 9.18 Å². The number of carbonyl (C=O) groups is 1. The van der Waals surface area contributed by atoms with Crippen molar-refractivity contribution in [3.05, 3.63) is 107 Å². The van der Waals surface area contributed by atoms with Crippen LogP contribution in [-0.2, 0) is 12.0 Å². The standard InChI is InChI=1S/C26H25ClFNO2/c1-26(2,3)19-9-11-20(12-10-19)29-16-15-25(30)18-7-13-21(14-8-18)31-17-22-23(27)5-4-6-24(22)28/h4-16,29H,17H2,1-3H3/b16-15+. The Morgan fingerprint density at radius 3 is 2.32 bits per heavy atom. The van der Waals surface area contributed by atoms with Gasteiger partial charge in [-0.05, 0) is 59.5 Å². The van der Waals surface area contributed by atoms with Gasteiger partial charge in [0.1, 0.15) is 18.2 Å².